The van der Waals surface area contributed by atoms with Gasteiger partial charge in [0.1, 0.15) is 4.88 Å². The fourth-order valence-electron chi connectivity index (χ4n) is 2.01. The monoisotopic (exact) mass is 318 g/mol. The van der Waals surface area contributed by atoms with E-state index in [9.17, 15) is 4.79 Å². The molecule has 1 aromatic heterocycles. The van der Waals surface area contributed by atoms with Crippen molar-refractivity contribution in [1.29, 1.82) is 0 Å². The van der Waals surface area contributed by atoms with Gasteiger partial charge in [-0.05, 0) is 13.8 Å². The molecule has 4 nitrogen and oxygen atoms in total. The highest BCUT2D eigenvalue weighted by molar-refractivity contribution is 9.09. The number of morpholine rings is 1. The largest absolute Gasteiger partial charge is 0.368 e. The minimum absolute atomic E-state index is 0.0508. The van der Waals surface area contributed by atoms with Crippen molar-refractivity contribution >= 4 is 33.2 Å². The highest BCUT2D eigenvalue weighted by atomic mass is 79.9. The Balaban J connectivity index is 2.12. The van der Waals surface area contributed by atoms with E-state index >= 15 is 0 Å². The second-order valence-electron chi connectivity index (χ2n) is 4.71. The first-order valence-corrected chi connectivity index (χ1v) is 7.43. The minimum atomic E-state index is -0.295. The minimum Gasteiger partial charge on any atom is -0.368 e. The van der Waals surface area contributed by atoms with Crippen molar-refractivity contribution in [3.8, 4) is 0 Å². The Kier molecular flexibility index (Phi) is 3.85. The van der Waals surface area contributed by atoms with E-state index in [1.807, 2.05) is 18.7 Å². The molecule has 0 N–H and O–H groups in total. The van der Waals surface area contributed by atoms with Crippen LogP contribution >= 0.6 is 27.3 Å². The number of nitrogens with zero attached hydrogens (tertiary/aromatic N) is 2. The lowest BCUT2D eigenvalue weighted by Crippen LogP contribution is -2.55. The Labute approximate surface area is 113 Å². The Morgan fingerprint density at radius 1 is 1.76 bits per heavy atom. The molecule has 1 aliphatic rings. The highest BCUT2D eigenvalue weighted by Crippen LogP contribution is 2.24. The molecule has 0 aliphatic carbocycles. The third kappa shape index (κ3) is 3.05. The van der Waals surface area contributed by atoms with E-state index in [0.717, 1.165) is 5.33 Å². The van der Waals surface area contributed by atoms with Crippen LogP contribution in [0.2, 0.25) is 0 Å². The van der Waals surface area contributed by atoms with E-state index in [1.165, 1.54) is 11.3 Å². The van der Waals surface area contributed by atoms with Gasteiger partial charge in [-0.25, -0.2) is 0 Å². The number of amides is 1. The third-order valence-electron chi connectivity index (χ3n) is 2.58. The molecule has 0 aromatic carbocycles. The Morgan fingerprint density at radius 3 is 3.12 bits per heavy atom. The van der Waals surface area contributed by atoms with Gasteiger partial charge in [-0.2, -0.15) is 0 Å². The number of rotatable bonds is 2. The number of carbonyl (C=O) groups is 1. The van der Waals surface area contributed by atoms with Crippen molar-refractivity contribution < 1.29 is 9.53 Å². The van der Waals surface area contributed by atoms with Gasteiger partial charge in [0.25, 0.3) is 5.91 Å². The molecule has 1 fully saturated rings. The van der Waals surface area contributed by atoms with Gasteiger partial charge >= 0.3 is 0 Å². The maximum absolute atomic E-state index is 12.2. The highest BCUT2D eigenvalue weighted by Gasteiger charge is 2.35. The lowest BCUT2D eigenvalue weighted by Gasteiger charge is -2.42. The topological polar surface area (TPSA) is 42.4 Å². The maximum atomic E-state index is 12.2. The van der Waals surface area contributed by atoms with Gasteiger partial charge in [0.2, 0.25) is 0 Å². The van der Waals surface area contributed by atoms with Crippen LogP contribution in [-0.4, -0.2) is 45.9 Å². The average molecular weight is 319 g/mol. The Hall–Kier alpha value is -0.460. The molecule has 17 heavy (non-hydrogen) atoms. The maximum Gasteiger partial charge on any atom is 0.265 e. The number of hydrogen-bond donors (Lipinski definition) is 0. The van der Waals surface area contributed by atoms with Crippen LogP contribution in [-0.2, 0) is 4.74 Å². The molecule has 0 bridgehead atoms. The van der Waals surface area contributed by atoms with E-state index in [1.54, 1.807) is 11.7 Å². The summed E-state index contributed by atoms with van der Waals surface area (Å²) in [4.78, 5) is 18.7. The van der Waals surface area contributed by atoms with Crippen LogP contribution in [0.3, 0.4) is 0 Å². The number of ether oxygens (including phenoxy) is 1. The van der Waals surface area contributed by atoms with Gasteiger partial charge < -0.3 is 9.64 Å². The van der Waals surface area contributed by atoms with Gasteiger partial charge in [0.15, 0.2) is 0 Å². The Bertz CT molecular complexity index is 394. The van der Waals surface area contributed by atoms with Crippen LogP contribution in [0.15, 0.2) is 11.7 Å². The number of hydrogen-bond acceptors (Lipinski definition) is 4. The quantitative estimate of drug-likeness (QED) is 0.785. The van der Waals surface area contributed by atoms with Crippen LogP contribution in [0.1, 0.15) is 23.5 Å². The van der Waals surface area contributed by atoms with Crippen molar-refractivity contribution in [2.24, 2.45) is 0 Å². The molecule has 1 aliphatic heterocycles. The van der Waals surface area contributed by atoms with Gasteiger partial charge in [-0.15, -0.1) is 11.3 Å². The van der Waals surface area contributed by atoms with Crippen LogP contribution in [0, 0.1) is 0 Å². The lowest BCUT2D eigenvalue weighted by molar-refractivity contribution is -0.116. The predicted molar refractivity (Wildman–Crippen MR) is 70.8 cm³/mol. The molecule has 1 atom stereocenters. The summed E-state index contributed by atoms with van der Waals surface area (Å²) in [5.41, 5.74) is 1.39. The van der Waals surface area contributed by atoms with Crippen molar-refractivity contribution in [3.63, 3.8) is 0 Å². The summed E-state index contributed by atoms with van der Waals surface area (Å²) in [6.07, 6.45) is 1.68. The number of alkyl halides is 1. The molecular formula is C11H15BrN2O2S. The van der Waals surface area contributed by atoms with Crippen LogP contribution in [0.5, 0.6) is 0 Å². The molecule has 94 valence electrons. The van der Waals surface area contributed by atoms with Gasteiger partial charge in [-0.3, -0.25) is 9.78 Å². The number of aromatic nitrogens is 1. The smallest absolute Gasteiger partial charge is 0.265 e. The summed E-state index contributed by atoms with van der Waals surface area (Å²) >= 11 is 4.79. The van der Waals surface area contributed by atoms with E-state index in [4.69, 9.17) is 4.74 Å². The third-order valence-corrected chi connectivity index (χ3v) is 4.07. The molecule has 2 heterocycles. The molecule has 2 rings (SSSR count). The molecule has 0 spiro atoms. The predicted octanol–water partition coefficient (Wildman–Crippen LogP) is 2.16. The first kappa shape index (κ1) is 13.0. The molecule has 0 saturated carbocycles. The van der Waals surface area contributed by atoms with E-state index in [2.05, 4.69) is 20.9 Å². The number of halogens is 1. The van der Waals surface area contributed by atoms with E-state index < -0.39 is 0 Å². The molecule has 0 radical (unpaired) electrons. The normalized spacial score (nSPS) is 23.7. The van der Waals surface area contributed by atoms with Crippen LogP contribution in [0.25, 0.3) is 0 Å². The summed E-state index contributed by atoms with van der Waals surface area (Å²) in [5.74, 6) is 0.0508. The molecule has 1 amide bonds. The molecular weight excluding hydrogens is 304 g/mol. The molecule has 1 unspecified atom stereocenters. The summed E-state index contributed by atoms with van der Waals surface area (Å²) in [6, 6.07) is 0. The first-order chi connectivity index (χ1) is 8.02. The Morgan fingerprint density at radius 2 is 2.53 bits per heavy atom. The standard InChI is InChI=1S/C11H15BrN2O2S/c1-11(2)6-14(5-8(3-12)16-11)10(15)9-4-13-7-17-9/h4,7-8H,3,5-6H2,1-2H3. The zero-order valence-corrected chi connectivity index (χ0v) is 12.3. The fourth-order valence-corrected chi connectivity index (χ4v) is 2.93. The zero-order chi connectivity index (χ0) is 12.5. The SMILES string of the molecule is CC1(C)CN(C(=O)c2cncs2)CC(CBr)O1. The molecule has 6 heteroatoms. The van der Waals surface area contributed by atoms with Gasteiger partial charge in [0.05, 0.1) is 23.4 Å². The summed E-state index contributed by atoms with van der Waals surface area (Å²) in [5, 5.41) is 0.739. The zero-order valence-electron chi connectivity index (χ0n) is 9.85. The van der Waals surface area contributed by atoms with Crippen molar-refractivity contribution in [1.82, 2.24) is 9.88 Å². The van der Waals surface area contributed by atoms with Crippen molar-refractivity contribution in [2.45, 2.75) is 25.6 Å². The fraction of sp³-hybridized carbons (Fsp3) is 0.636. The van der Waals surface area contributed by atoms with Crippen LogP contribution < -0.4 is 0 Å². The van der Waals surface area contributed by atoms with Gasteiger partial charge in [-0.1, -0.05) is 15.9 Å². The van der Waals surface area contributed by atoms with Crippen molar-refractivity contribution in [3.05, 3.63) is 16.6 Å². The summed E-state index contributed by atoms with van der Waals surface area (Å²) < 4.78 is 5.87. The van der Waals surface area contributed by atoms with Gasteiger partial charge in [0, 0.05) is 18.4 Å². The van der Waals surface area contributed by atoms with Crippen LogP contribution in [0.4, 0.5) is 0 Å². The number of carbonyl (C=O) groups excluding carboxylic acids is 1. The summed E-state index contributed by atoms with van der Waals surface area (Å²) in [7, 11) is 0. The van der Waals surface area contributed by atoms with Crippen molar-refractivity contribution in [2.75, 3.05) is 18.4 Å². The number of thiazole rings is 1. The second-order valence-corrected chi connectivity index (χ2v) is 6.24. The second kappa shape index (κ2) is 5.04. The molecule has 1 aromatic rings. The molecule has 1 saturated heterocycles. The summed E-state index contributed by atoms with van der Waals surface area (Å²) in [6.45, 7) is 5.27. The average Bonchev–Trinajstić information content (AvgIpc) is 2.79. The first-order valence-electron chi connectivity index (χ1n) is 5.43. The lowest BCUT2D eigenvalue weighted by atomic mass is 10.1. The van der Waals surface area contributed by atoms with E-state index in [-0.39, 0.29) is 17.6 Å². The van der Waals surface area contributed by atoms with E-state index in [0.29, 0.717) is 18.0 Å².